The highest BCUT2D eigenvalue weighted by Crippen LogP contribution is 2.66. The summed E-state index contributed by atoms with van der Waals surface area (Å²) in [6, 6.07) is 0. The Bertz CT molecular complexity index is 522. The number of carbonyl (C=O) groups is 1. The second kappa shape index (κ2) is 4.93. The number of rotatable bonds is 1. The summed E-state index contributed by atoms with van der Waals surface area (Å²) >= 11 is 0. The fraction of sp³-hybridized carbons (Fsp3) is 0.850. The van der Waals surface area contributed by atoms with Crippen molar-refractivity contribution in [2.24, 2.45) is 34.5 Å². The molecule has 0 aromatic heterocycles. The van der Waals surface area contributed by atoms with Crippen LogP contribution in [-0.4, -0.2) is 17.5 Å². The molecule has 1 N–H and O–H groups in total. The lowest BCUT2D eigenvalue weighted by atomic mass is 9.47. The third-order valence-corrected chi connectivity index (χ3v) is 8.38. The van der Waals surface area contributed by atoms with E-state index in [1.807, 2.05) is 6.08 Å². The van der Waals surface area contributed by atoms with Gasteiger partial charge in [0.15, 0.2) is 5.78 Å². The van der Waals surface area contributed by atoms with Gasteiger partial charge in [-0.15, -0.1) is 0 Å². The lowest BCUT2D eigenvalue weighted by molar-refractivity contribution is -0.117. The lowest BCUT2D eigenvalue weighted by Crippen LogP contribution is -2.50. The molecule has 3 fully saturated rings. The number of hydrogen-bond acceptors (Lipinski definition) is 2. The number of fused-ring (bicyclic) bond motifs is 5. The van der Waals surface area contributed by atoms with Crippen molar-refractivity contribution in [3.8, 4) is 0 Å². The highest BCUT2D eigenvalue weighted by Gasteiger charge is 2.58. The minimum absolute atomic E-state index is 0.287. The Morgan fingerprint density at radius 3 is 2.68 bits per heavy atom. The van der Waals surface area contributed by atoms with E-state index in [2.05, 4.69) is 13.8 Å². The number of ketones is 1. The summed E-state index contributed by atoms with van der Waals surface area (Å²) in [7, 11) is 0. The van der Waals surface area contributed by atoms with Crippen LogP contribution < -0.4 is 0 Å². The molecule has 0 aromatic rings. The zero-order chi connectivity index (χ0) is 15.5. The van der Waals surface area contributed by atoms with Crippen molar-refractivity contribution in [2.45, 2.75) is 65.2 Å². The summed E-state index contributed by atoms with van der Waals surface area (Å²) < 4.78 is 0. The normalized spacial score (nSPS) is 50.9. The van der Waals surface area contributed by atoms with Gasteiger partial charge in [-0.2, -0.15) is 0 Å². The highest BCUT2D eigenvalue weighted by molar-refractivity contribution is 5.91. The fourth-order valence-electron chi connectivity index (χ4n) is 6.97. The summed E-state index contributed by atoms with van der Waals surface area (Å²) in [6.07, 6.45) is 11.4. The van der Waals surface area contributed by atoms with Gasteiger partial charge in [0.25, 0.3) is 0 Å². The quantitative estimate of drug-likeness (QED) is 0.791. The van der Waals surface area contributed by atoms with Gasteiger partial charge in [-0.1, -0.05) is 19.4 Å². The molecule has 0 spiro atoms. The van der Waals surface area contributed by atoms with E-state index in [4.69, 9.17) is 0 Å². The monoisotopic (exact) mass is 302 g/mol. The van der Waals surface area contributed by atoms with E-state index in [-0.39, 0.29) is 5.41 Å². The molecule has 4 aliphatic rings. The van der Waals surface area contributed by atoms with Crippen molar-refractivity contribution < 1.29 is 9.90 Å². The molecule has 122 valence electrons. The van der Waals surface area contributed by atoms with Crippen molar-refractivity contribution in [3.63, 3.8) is 0 Å². The smallest absolute Gasteiger partial charge is 0.155 e. The van der Waals surface area contributed by atoms with Crippen LogP contribution in [0.1, 0.15) is 65.2 Å². The van der Waals surface area contributed by atoms with E-state index in [1.54, 1.807) is 0 Å². The molecule has 0 radical (unpaired) electrons. The first-order valence-electron chi connectivity index (χ1n) is 9.34. The zero-order valence-electron chi connectivity index (χ0n) is 14.1. The molecule has 0 aliphatic heterocycles. The minimum Gasteiger partial charge on any atom is -0.396 e. The lowest BCUT2D eigenvalue weighted by Gasteiger charge is -2.58. The Hall–Kier alpha value is -0.630. The molecule has 0 aromatic carbocycles. The van der Waals surface area contributed by atoms with Crippen molar-refractivity contribution in [3.05, 3.63) is 11.6 Å². The summed E-state index contributed by atoms with van der Waals surface area (Å²) in [5, 5.41) is 9.79. The van der Waals surface area contributed by atoms with Crippen molar-refractivity contribution in [1.29, 1.82) is 0 Å². The maximum Gasteiger partial charge on any atom is 0.155 e. The van der Waals surface area contributed by atoms with E-state index in [0.717, 1.165) is 37.0 Å². The first-order valence-corrected chi connectivity index (χ1v) is 9.34. The standard InChI is InChI=1S/C20H30O2/c1-19-9-7-15(22)11-13(19)3-5-16-17-6-4-14(12-21)20(17,2)10-8-18(16)19/h11,14,16-18,21H,3-10,12H2,1-2H3/t14?,16?,17?,18?,19-,20+/m0/s1. The second-order valence-electron chi connectivity index (χ2n) is 8.97. The van der Waals surface area contributed by atoms with Crippen LogP contribution in [0.5, 0.6) is 0 Å². The topological polar surface area (TPSA) is 37.3 Å². The molecule has 2 heteroatoms. The molecule has 6 atom stereocenters. The van der Waals surface area contributed by atoms with E-state index in [9.17, 15) is 9.90 Å². The number of aliphatic hydroxyl groups excluding tert-OH is 1. The molecular formula is C20H30O2. The fourth-order valence-corrected chi connectivity index (χ4v) is 6.97. The van der Waals surface area contributed by atoms with Gasteiger partial charge in [0.2, 0.25) is 0 Å². The van der Waals surface area contributed by atoms with Crippen LogP contribution in [0, 0.1) is 34.5 Å². The van der Waals surface area contributed by atoms with Crippen LogP contribution >= 0.6 is 0 Å². The largest absolute Gasteiger partial charge is 0.396 e. The molecule has 0 heterocycles. The molecule has 0 bridgehead atoms. The Morgan fingerprint density at radius 2 is 1.91 bits per heavy atom. The predicted molar refractivity (Wildman–Crippen MR) is 87.3 cm³/mol. The second-order valence-corrected chi connectivity index (χ2v) is 8.97. The molecule has 0 amide bonds. The molecule has 4 aliphatic carbocycles. The SMILES string of the molecule is C[C@]12CCC3C(CCC4=CC(=O)CC[C@@]43C)C1CCC2CO. The maximum absolute atomic E-state index is 11.8. The summed E-state index contributed by atoms with van der Waals surface area (Å²) in [5.41, 5.74) is 2.12. The Balaban J connectivity index is 1.67. The summed E-state index contributed by atoms with van der Waals surface area (Å²) in [5.74, 6) is 3.28. The molecule has 0 saturated heterocycles. The maximum atomic E-state index is 11.8. The van der Waals surface area contributed by atoms with Gasteiger partial charge in [0.1, 0.15) is 0 Å². The van der Waals surface area contributed by atoms with Crippen LogP contribution in [0.15, 0.2) is 11.6 Å². The number of aliphatic hydroxyl groups is 1. The Morgan fingerprint density at radius 1 is 1.09 bits per heavy atom. The van der Waals surface area contributed by atoms with E-state index in [1.165, 1.54) is 37.7 Å². The zero-order valence-corrected chi connectivity index (χ0v) is 14.1. The third kappa shape index (κ3) is 1.85. The average molecular weight is 302 g/mol. The van der Waals surface area contributed by atoms with Crippen molar-refractivity contribution >= 4 is 5.78 Å². The molecule has 22 heavy (non-hydrogen) atoms. The Kier molecular flexibility index (Phi) is 3.35. The van der Waals surface area contributed by atoms with Crippen molar-refractivity contribution in [2.75, 3.05) is 6.61 Å². The predicted octanol–water partition coefficient (Wildman–Crippen LogP) is 4.13. The number of carbonyl (C=O) groups excluding carboxylic acids is 1. The van der Waals surface area contributed by atoms with Gasteiger partial charge in [-0.3, -0.25) is 4.79 Å². The number of hydrogen-bond donors (Lipinski definition) is 1. The minimum atomic E-state index is 0.287. The van der Waals surface area contributed by atoms with Gasteiger partial charge in [-0.05, 0) is 85.5 Å². The summed E-state index contributed by atoms with van der Waals surface area (Å²) in [6.45, 7) is 5.28. The molecule has 4 unspecified atom stereocenters. The van der Waals surface area contributed by atoms with Gasteiger partial charge in [0.05, 0.1) is 0 Å². The first-order chi connectivity index (χ1) is 10.5. The van der Waals surface area contributed by atoms with Crippen LogP contribution in [0.25, 0.3) is 0 Å². The highest BCUT2D eigenvalue weighted by atomic mass is 16.3. The number of allylic oxidation sites excluding steroid dienone is 1. The molecule has 2 nitrogen and oxygen atoms in total. The third-order valence-electron chi connectivity index (χ3n) is 8.38. The first kappa shape index (κ1) is 14.9. The summed E-state index contributed by atoms with van der Waals surface area (Å²) in [4.78, 5) is 11.8. The van der Waals surface area contributed by atoms with Crippen LogP contribution in [0.3, 0.4) is 0 Å². The van der Waals surface area contributed by atoms with Gasteiger partial charge in [0, 0.05) is 13.0 Å². The molecular weight excluding hydrogens is 272 g/mol. The van der Waals surface area contributed by atoms with Gasteiger partial charge in [-0.25, -0.2) is 0 Å². The average Bonchev–Trinajstić information content (AvgIpc) is 2.84. The van der Waals surface area contributed by atoms with Crippen LogP contribution in [0.2, 0.25) is 0 Å². The van der Waals surface area contributed by atoms with Crippen LogP contribution in [0.4, 0.5) is 0 Å². The molecule has 3 saturated carbocycles. The van der Waals surface area contributed by atoms with Crippen LogP contribution in [-0.2, 0) is 4.79 Å². The molecule has 4 rings (SSSR count). The Labute approximate surface area is 134 Å². The van der Waals surface area contributed by atoms with E-state index < -0.39 is 0 Å². The van der Waals surface area contributed by atoms with E-state index in [0.29, 0.717) is 23.7 Å². The van der Waals surface area contributed by atoms with Gasteiger partial charge < -0.3 is 5.11 Å². The van der Waals surface area contributed by atoms with E-state index >= 15 is 0 Å². The van der Waals surface area contributed by atoms with Gasteiger partial charge >= 0.3 is 0 Å². The van der Waals surface area contributed by atoms with Crippen molar-refractivity contribution in [1.82, 2.24) is 0 Å².